The van der Waals surface area contributed by atoms with Crippen LogP contribution in [0.25, 0.3) is 0 Å². The minimum Gasteiger partial charge on any atom is -0.390 e. The molecule has 0 aromatic carbocycles. The molecule has 224 valence electrons. The summed E-state index contributed by atoms with van der Waals surface area (Å²) in [5.41, 5.74) is 4.73. The topological polar surface area (TPSA) is 40.5 Å². The Morgan fingerprint density at radius 2 is 1.45 bits per heavy atom. The molecule has 0 aliphatic heterocycles. The lowest BCUT2D eigenvalue weighted by molar-refractivity contribution is -0.163. The van der Waals surface area contributed by atoms with Crippen molar-refractivity contribution < 1.29 is 10.2 Å². The van der Waals surface area contributed by atoms with Crippen LogP contribution in [0.1, 0.15) is 126 Å². The van der Waals surface area contributed by atoms with E-state index in [0.717, 1.165) is 18.8 Å². The van der Waals surface area contributed by atoms with E-state index < -0.39 is 11.2 Å². The average Bonchev–Trinajstić information content (AvgIpc) is 2.86. The molecule has 0 amide bonds. The van der Waals surface area contributed by atoms with E-state index in [0.29, 0.717) is 53.3 Å². The zero-order chi connectivity index (χ0) is 28.6. The lowest BCUT2D eigenvalue weighted by Crippen LogP contribution is -2.63. The van der Waals surface area contributed by atoms with Crippen molar-refractivity contribution >= 4 is 0 Å². The van der Waals surface area contributed by atoms with Crippen molar-refractivity contribution in [1.29, 1.82) is 0 Å². The van der Waals surface area contributed by atoms with Crippen LogP contribution >= 0.6 is 0 Å². The van der Waals surface area contributed by atoms with Gasteiger partial charge in [-0.2, -0.15) is 0 Å². The van der Waals surface area contributed by atoms with Crippen molar-refractivity contribution in [3.05, 3.63) is 22.8 Å². The molecule has 0 aromatic rings. The normalized spacial score (nSPS) is 55.3. The van der Waals surface area contributed by atoms with Gasteiger partial charge in [-0.1, -0.05) is 66.0 Å². The van der Waals surface area contributed by atoms with Crippen molar-refractivity contribution in [3.8, 4) is 0 Å². The Morgan fingerprint density at radius 3 is 2.12 bits per heavy atom. The maximum absolute atomic E-state index is 12.0. The molecule has 13 unspecified atom stereocenters. The minimum atomic E-state index is -0.593. The minimum absolute atomic E-state index is 0.203. The Morgan fingerprint density at radius 1 is 0.775 bits per heavy atom. The molecular weight excluding hydrogens is 488 g/mol. The molecule has 7 aliphatic rings. The highest BCUT2D eigenvalue weighted by molar-refractivity contribution is 5.51. The highest BCUT2D eigenvalue weighted by atomic mass is 16.3. The van der Waals surface area contributed by atoms with E-state index >= 15 is 0 Å². The molecule has 2 nitrogen and oxygen atoms in total. The predicted octanol–water partition coefficient (Wildman–Crippen LogP) is 8.97. The Hall–Kier alpha value is -0.600. The third-order valence-electron chi connectivity index (χ3n) is 15.4. The molecular formula is C38H60O2. The van der Waals surface area contributed by atoms with Crippen molar-refractivity contribution in [2.75, 3.05) is 0 Å². The van der Waals surface area contributed by atoms with E-state index in [1.54, 1.807) is 11.1 Å². The van der Waals surface area contributed by atoms with Crippen molar-refractivity contribution in [1.82, 2.24) is 0 Å². The highest BCUT2D eigenvalue weighted by Crippen LogP contribution is 2.73. The number of allylic oxidation sites excluding steroid dienone is 3. The summed E-state index contributed by atoms with van der Waals surface area (Å²) in [6.45, 7) is 19.6. The summed E-state index contributed by atoms with van der Waals surface area (Å²) in [5.74, 6) is 6.81. The lowest BCUT2D eigenvalue weighted by atomic mass is 9.36. The average molecular weight is 549 g/mol. The Bertz CT molecular complexity index is 1110. The molecule has 2 heteroatoms. The molecule has 40 heavy (non-hydrogen) atoms. The first-order valence-corrected chi connectivity index (χ1v) is 17.6. The molecule has 0 heterocycles. The van der Waals surface area contributed by atoms with Gasteiger partial charge in [0.15, 0.2) is 0 Å². The van der Waals surface area contributed by atoms with Gasteiger partial charge in [-0.15, -0.1) is 0 Å². The zero-order valence-electron chi connectivity index (χ0n) is 27.1. The monoisotopic (exact) mass is 548 g/mol. The molecule has 4 fully saturated rings. The van der Waals surface area contributed by atoms with Crippen molar-refractivity contribution in [3.63, 3.8) is 0 Å². The second-order valence-corrected chi connectivity index (χ2v) is 18.0. The lowest BCUT2D eigenvalue weighted by Gasteiger charge is -2.69. The van der Waals surface area contributed by atoms with Gasteiger partial charge in [-0.25, -0.2) is 0 Å². The van der Waals surface area contributed by atoms with Gasteiger partial charge in [0, 0.05) is 5.92 Å². The van der Waals surface area contributed by atoms with Crippen molar-refractivity contribution in [2.45, 2.75) is 137 Å². The van der Waals surface area contributed by atoms with E-state index in [1.807, 2.05) is 5.57 Å². The summed E-state index contributed by atoms with van der Waals surface area (Å²) in [6.07, 6.45) is 16.1. The molecule has 0 bridgehead atoms. The fraction of sp³-hybridized carbons (Fsp3) is 0.895. The second-order valence-electron chi connectivity index (χ2n) is 18.0. The summed E-state index contributed by atoms with van der Waals surface area (Å²) in [6, 6.07) is 0. The summed E-state index contributed by atoms with van der Waals surface area (Å²) in [5, 5.41) is 24.0. The first-order valence-electron chi connectivity index (χ1n) is 17.6. The molecule has 4 saturated carbocycles. The van der Waals surface area contributed by atoms with Gasteiger partial charge in [0.05, 0.1) is 11.2 Å². The Balaban J connectivity index is 1.51. The van der Waals surface area contributed by atoms with Gasteiger partial charge in [-0.3, -0.25) is 0 Å². The predicted molar refractivity (Wildman–Crippen MR) is 164 cm³/mol. The largest absolute Gasteiger partial charge is 0.390 e. The van der Waals surface area contributed by atoms with Crippen LogP contribution in [0.15, 0.2) is 22.8 Å². The van der Waals surface area contributed by atoms with E-state index in [4.69, 9.17) is 0 Å². The number of hydrogen-bond acceptors (Lipinski definition) is 2. The molecule has 7 aliphatic carbocycles. The van der Waals surface area contributed by atoms with Crippen LogP contribution in [-0.2, 0) is 0 Å². The van der Waals surface area contributed by atoms with E-state index in [1.165, 1.54) is 57.8 Å². The van der Waals surface area contributed by atoms with Gasteiger partial charge in [-0.05, 0) is 153 Å². The van der Waals surface area contributed by atoms with E-state index in [2.05, 4.69) is 61.5 Å². The molecule has 13 atom stereocenters. The number of rotatable bonds is 2. The Labute approximate surface area is 245 Å². The van der Waals surface area contributed by atoms with Crippen LogP contribution in [-0.4, -0.2) is 21.4 Å². The molecule has 0 saturated heterocycles. The first kappa shape index (κ1) is 28.2. The van der Waals surface area contributed by atoms with Gasteiger partial charge in [0.2, 0.25) is 0 Å². The number of aliphatic hydroxyl groups is 2. The van der Waals surface area contributed by atoms with E-state index in [-0.39, 0.29) is 16.7 Å². The van der Waals surface area contributed by atoms with Gasteiger partial charge < -0.3 is 10.2 Å². The Kier molecular flexibility index (Phi) is 6.32. The first-order chi connectivity index (χ1) is 18.7. The molecule has 0 spiro atoms. The highest BCUT2D eigenvalue weighted by Gasteiger charge is 2.66. The molecule has 2 N–H and O–H groups in total. The molecule has 7 rings (SSSR count). The van der Waals surface area contributed by atoms with Crippen LogP contribution in [0, 0.1) is 75.9 Å². The standard InChI is InChI=1S/C38H60O2/c1-21(2)23-11-13-27-33-26(20-30-35(27,5)15-9-18-38(30,8)40)32-24(22(3)4)12-14-28-34(32)25(31(23)33)19-29-36(28,6)16-10-17-37(29,7)39/h19,21-24,26-30,32,34,39-40H,9-18,20H2,1-8H3. The fourth-order valence-electron chi connectivity index (χ4n) is 13.8. The smallest absolute Gasteiger partial charge is 0.0687 e. The second kappa shape index (κ2) is 8.97. The van der Waals surface area contributed by atoms with Gasteiger partial charge in [0.1, 0.15) is 0 Å². The van der Waals surface area contributed by atoms with Crippen LogP contribution in [0.3, 0.4) is 0 Å². The van der Waals surface area contributed by atoms with Gasteiger partial charge >= 0.3 is 0 Å². The van der Waals surface area contributed by atoms with Crippen LogP contribution in [0.2, 0.25) is 0 Å². The van der Waals surface area contributed by atoms with Crippen LogP contribution in [0.4, 0.5) is 0 Å². The quantitative estimate of drug-likeness (QED) is 0.361. The summed E-state index contributed by atoms with van der Waals surface area (Å²) < 4.78 is 0. The van der Waals surface area contributed by atoms with Gasteiger partial charge in [0.25, 0.3) is 0 Å². The summed E-state index contributed by atoms with van der Waals surface area (Å²) in [4.78, 5) is 0. The zero-order valence-corrected chi connectivity index (χ0v) is 27.1. The third-order valence-corrected chi connectivity index (χ3v) is 15.4. The number of hydrogen-bond donors (Lipinski definition) is 2. The molecule has 0 radical (unpaired) electrons. The molecule has 0 aromatic heterocycles. The number of fused-ring (bicyclic) bond motifs is 6. The maximum atomic E-state index is 12.0. The summed E-state index contributed by atoms with van der Waals surface area (Å²) in [7, 11) is 0. The van der Waals surface area contributed by atoms with Crippen LogP contribution in [0.5, 0.6) is 0 Å². The SMILES string of the molecule is CC(C)C1CCC2C3=C1C1=CC4C(C)(O)CCCC4(C)C4CCC(C(C)C)C(C3CC3C(C)(O)CCCC23C)C14. The van der Waals surface area contributed by atoms with Crippen molar-refractivity contribution in [2.24, 2.45) is 75.9 Å². The summed E-state index contributed by atoms with van der Waals surface area (Å²) >= 11 is 0. The third kappa shape index (κ3) is 3.60. The fourth-order valence-corrected chi connectivity index (χ4v) is 13.8. The van der Waals surface area contributed by atoms with Crippen LogP contribution < -0.4 is 0 Å². The maximum Gasteiger partial charge on any atom is 0.0687 e. The van der Waals surface area contributed by atoms with E-state index in [9.17, 15) is 10.2 Å².